The summed E-state index contributed by atoms with van der Waals surface area (Å²) in [6, 6.07) is 12.5. The van der Waals surface area contributed by atoms with Crippen molar-refractivity contribution in [2.75, 3.05) is 19.0 Å². The van der Waals surface area contributed by atoms with Crippen LogP contribution in [0.4, 0.5) is 5.69 Å². The number of carbonyl (C=O) groups excluding carboxylic acids is 1. The Hall–Kier alpha value is -2.80. The molecular formula is C17H16N2O4S. The minimum atomic E-state index is -0.288. The molecule has 1 heterocycles. The molecule has 0 fully saturated rings. The van der Waals surface area contributed by atoms with Crippen molar-refractivity contribution in [3.05, 3.63) is 52.1 Å². The molecular weight excluding hydrogens is 328 g/mol. The highest BCUT2D eigenvalue weighted by molar-refractivity contribution is 7.16. The van der Waals surface area contributed by atoms with Gasteiger partial charge in [-0.25, -0.2) is 0 Å². The van der Waals surface area contributed by atoms with E-state index in [1.165, 1.54) is 0 Å². The maximum atomic E-state index is 12.1. The zero-order valence-electron chi connectivity index (χ0n) is 13.2. The molecule has 0 aliphatic rings. The van der Waals surface area contributed by atoms with E-state index in [0.29, 0.717) is 17.2 Å². The second-order valence-electron chi connectivity index (χ2n) is 5.10. The first kappa shape index (κ1) is 16.1. The Morgan fingerprint density at radius 2 is 1.96 bits per heavy atom. The van der Waals surface area contributed by atoms with Crippen molar-refractivity contribution in [2.24, 2.45) is 7.05 Å². The molecule has 0 unspecified atom stereocenters. The number of nitrogens with zero attached hydrogens (tertiary/aromatic N) is 1. The molecule has 0 bridgehead atoms. The molecule has 0 spiro atoms. The highest BCUT2D eigenvalue weighted by Gasteiger charge is 2.09. The lowest BCUT2D eigenvalue weighted by molar-refractivity contribution is -0.118. The number of benzene rings is 2. The highest BCUT2D eigenvalue weighted by Crippen LogP contribution is 2.26. The van der Waals surface area contributed by atoms with Crippen LogP contribution in [-0.4, -0.2) is 24.2 Å². The minimum absolute atomic E-state index is 0.0343. The van der Waals surface area contributed by atoms with Crippen molar-refractivity contribution in [3.63, 3.8) is 0 Å². The molecule has 3 aromatic rings. The molecule has 0 saturated carbocycles. The number of carbonyl (C=O) groups is 1. The Balaban J connectivity index is 1.67. The number of para-hydroxylation sites is 2. The number of ether oxygens (including phenoxy) is 2. The van der Waals surface area contributed by atoms with E-state index in [1.54, 1.807) is 49.1 Å². The van der Waals surface area contributed by atoms with Gasteiger partial charge in [0, 0.05) is 12.7 Å². The first-order chi connectivity index (χ1) is 11.6. The first-order valence-corrected chi connectivity index (χ1v) is 8.05. The van der Waals surface area contributed by atoms with Gasteiger partial charge >= 0.3 is 4.87 Å². The average molecular weight is 344 g/mol. The molecule has 6 nitrogen and oxygen atoms in total. The predicted molar refractivity (Wildman–Crippen MR) is 94.2 cm³/mol. The van der Waals surface area contributed by atoms with E-state index in [9.17, 15) is 9.59 Å². The van der Waals surface area contributed by atoms with Gasteiger partial charge in [-0.05, 0) is 30.3 Å². The van der Waals surface area contributed by atoms with E-state index in [2.05, 4.69) is 5.32 Å². The third-order valence-electron chi connectivity index (χ3n) is 3.50. The van der Waals surface area contributed by atoms with Crippen LogP contribution in [0.2, 0.25) is 0 Å². The number of aryl methyl sites for hydroxylation is 1. The Morgan fingerprint density at radius 3 is 2.71 bits per heavy atom. The number of rotatable bonds is 5. The molecule has 0 radical (unpaired) electrons. The summed E-state index contributed by atoms with van der Waals surface area (Å²) in [5, 5.41) is 2.76. The van der Waals surface area contributed by atoms with E-state index >= 15 is 0 Å². The number of fused-ring (bicyclic) bond motifs is 1. The predicted octanol–water partition coefficient (Wildman–Crippen LogP) is 2.63. The molecule has 1 aromatic heterocycles. The van der Waals surface area contributed by atoms with Crippen LogP contribution in [0.15, 0.2) is 47.3 Å². The fourth-order valence-electron chi connectivity index (χ4n) is 2.29. The Bertz CT molecular complexity index is 945. The van der Waals surface area contributed by atoms with Gasteiger partial charge in [0.15, 0.2) is 18.1 Å². The smallest absolute Gasteiger partial charge is 0.307 e. The molecule has 24 heavy (non-hydrogen) atoms. The van der Waals surface area contributed by atoms with E-state index in [1.807, 2.05) is 12.1 Å². The van der Waals surface area contributed by atoms with Crippen LogP contribution in [0.5, 0.6) is 11.5 Å². The largest absolute Gasteiger partial charge is 0.493 e. The van der Waals surface area contributed by atoms with Crippen molar-refractivity contribution < 1.29 is 14.3 Å². The summed E-state index contributed by atoms with van der Waals surface area (Å²) >= 11 is 1.14. The molecule has 1 amide bonds. The third kappa shape index (κ3) is 3.26. The third-order valence-corrected chi connectivity index (χ3v) is 4.50. The van der Waals surface area contributed by atoms with Gasteiger partial charge in [-0.15, -0.1) is 0 Å². The van der Waals surface area contributed by atoms with Gasteiger partial charge in [-0.3, -0.25) is 9.59 Å². The molecule has 0 atom stereocenters. The molecule has 0 aliphatic heterocycles. The summed E-state index contributed by atoms with van der Waals surface area (Å²) in [7, 11) is 3.27. The van der Waals surface area contributed by atoms with Crippen LogP contribution < -0.4 is 19.7 Å². The van der Waals surface area contributed by atoms with Crippen LogP contribution >= 0.6 is 11.3 Å². The molecule has 0 aliphatic carbocycles. The van der Waals surface area contributed by atoms with Gasteiger partial charge in [0.25, 0.3) is 5.91 Å². The lowest BCUT2D eigenvalue weighted by atomic mass is 10.3. The van der Waals surface area contributed by atoms with Crippen LogP contribution in [0.1, 0.15) is 0 Å². The Labute approximate surface area is 142 Å². The number of methoxy groups -OCH3 is 1. The summed E-state index contributed by atoms with van der Waals surface area (Å²) in [6.45, 7) is -0.135. The number of thiazole rings is 1. The van der Waals surface area contributed by atoms with E-state index in [-0.39, 0.29) is 17.4 Å². The summed E-state index contributed by atoms with van der Waals surface area (Å²) in [5.41, 5.74) is 1.46. The van der Waals surface area contributed by atoms with Crippen LogP contribution in [-0.2, 0) is 11.8 Å². The van der Waals surface area contributed by atoms with Crippen LogP contribution in [0.3, 0.4) is 0 Å². The van der Waals surface area contributed by atoms with Gasteiger partial charge < -0.3 is 19.4 Å². The molecule has 0 saturated heterocycles. The molecule has 2 aromatic carbocycles. The van der Waals surface area contributed by atoms with Crippen LogP contribution in [0.25, 0.3) is 10.2 Å². The van der Waals surface area contributed by atoms with E-state index in [4.69, 9.17) is 9.47 Å². The normalized spacial score (nSPS) is 10.6. The zero-order chi connectivity index (χ0) is 17.1. The number of anilines is 1. The standard InChI is InChI=1S/C17H16N2O4S/c1-19-12-8-7-11(9-15(12)24-17(19)21)18-16(20)10-23-14-6-4-3-5-13(14)22-2/h3-9H,10H2,1-2H3,(H,18,20). The van der Waals surface area contributed by atoms with E-state index < -0.39 is 0 Å². The van der Waals surface area contributed by atoms with Crippen LogP contribution in [0, 0.1) is 0 Å². The molecule has 124 valence electrons. The van der Waals surface area contributed by atoms with Gasteiger partial charge in [0.2, 0.25) is 0 Å². The number of hydrogen-bond acceptors (Lipinski definition) is 5. The Kier molecular flexibility index (Phi) is 4.52. The zero-order valence-corrected chi connectivity index (χ0v) is 14.1. The number of aromatic nitrogens is 1. The monoisotopic (exact) mass is 344 g/mol. The lowest BCUT2D eigenvalue weighted by Crippen LogP contribution is -2.20. The van der Waals surface area contributed by atoms with Crippen molar-refractivity contribution in [1.82, 2.24) is 4.57 Å². The van der Waals surface area contributed by atoms with Crippen molar-refractivity contribution in [1.29, 1.82) is 0 Å². The average Bonchev–Trinajstić information content (AvgIpc) is 2.87. The van der Waals surface area contributed by atoms with Crippen molar-refractivity contribution in [2.45, 2.75) is 0 Å². The maximum absolute atomic E-state index is 12.1. The van der Waals surface area contributed by atoms with Gasteiger partial charge in [-0.1, -0.05) is 23.5 Å². The fourth-order valence-corrected chi connectivity index (χ4v) is 3.21. The fraction of sp³-hybridized carbons (Fsp3) is 0.176. The first-order valence-electron chi connectivity index (χ1n) is 7.24. The van der Waals surface area contributed by atoms with Crippen molar-refractivity contribution >= 4 is 33.1 Å². The summed E-state index contributed by atoms with van der Waals surface area (Å²) in [5.74, 6) is 0.788. The molecule has 7 heteroatoms. The number of amides is 1. The second-order valence-corrected chi connectivity index (χ2v) is 6.09. The topological polar surface area (TPSA) is 69.6 Å². The van der Waals surface area contributed by atoms with Gasteiger partial charge in [0.1, 0.15) is 0 Å². The SMILES string of the molecule is COc1ccccc1OCC(=O)Nc1ccc2c(c1)sc(=O)n2C. The quantitative estimate of drug-likeness (QED) is 0.772. The molecule has 1 N–H and O–H groups in total. The van der Waals surface area contributed by atoms with Gasteiger partial charge in [-0.2, -0.15) is 0 Å². The maximum Gasteiger partial charge on any atom is 0.307 e. The van der Waals surface area contributed by atoms with Gasteiger partial charge in [0.05, 0.1) is 17.3 Å². The lowest BCUT2D eigenvalue weighted by Gasteiger charge is -2.10. The number of nitrogens with one attached hydrogen (secondary N) is 1. The Morgan fingerprint density at radius 1 is 1.21 bits per heavy atom. The highest BCUT2D eigenvalue weighted by atomic mass is 32.1. The molecule has 3 rings (SSSR count). The second kappa shape index (κ2) is 6.76. The van der Waals surface area contributed by atoms with E-state index in [0.717, 1.165) is 21.6 Å². The summed E-state index contributed by atoms with van der Waals surface area (Å²) in [6.07, 6.45) is 0. The summed E-state index contributed by atoms with van der Waals surface area (Å²) in [4.78, 5) is 23.7. The minimum Gasteiger partial charge on any atom is -0.493 e. The summed E-state index contributed by atoms with van der Waals surface area (Å²) < 4.78 is 13.1. The number of hydrogen-bond donors (Lipinski definition) is 1. The van der Waals surface area contributed by atoms with Crippen molar-refractivity contribution in [3.8, 4) is 11.5 Å².